The number of hydrogen-bond acceptors (Lipinski definition) is 0. The summed E-state index contributed by atoms with van der Waals surface area (Å²) in [4.78, 5) is 0. The van der Waals surface area contributed by atoms with Crippen LogP contribution in [0, 0.1) is 11.6 Å². The summed E-state index contributed by atoms with van der Waals surface area (Å²) in [6, 6.07) is 10.3. The molecule has 0 fully saturated rings. The summed E-state index contributed by atoms with van der Waals surface area (Å²) in [5, 5.41) is 0. The normalized spacial score (nSPS) is 15.3. The molecule has 0 saturated carbocycles. The molecule has 0 spiro atoms. The van der Waals surface area contributed by atoms with E-state index in [2.05, 4.69) is 6.58 Å². The third kappa shape index (κ3) is 5.48. The molecule has 1 aliphatic carbocycles. The lowest BCUT2D eigenvalue weighted by Crippen LogP contribution is -2.03. The fourth-order valence-electron chi connectivity index (χ4n) is 3.96. The van der Waals surface area contributed by atoms with E-state index in [0.29, 0.717) is 29.5 Å². The van der Waals surface area contributed by atoms with Crippen molar-refractivity contribution in [3.8, 4) is 0 Å². The molecule has 0 amide bonds. The zero-order valence-electron chi connectivity index (χ0n) is 18.4. The Hall–Kier alpha value is -2.88. The number of allylic oxidation sites excluding steroid dienone is 7. The predicted octanol–water partition coefficient (Wildman–Crippen LogP) is 8.84. The van der Waals surface area contributed by atoms with Gasteiger partial charge in [-0.25, -0.2) is 17.6 Å². The maximum Gasteiger partial charge on any atom is 0.166 e. The van der Waals surface area contributed by atoms with Crippen LogP contribution in [-0.2, 0) is 12.8 Å². The van der Waals surface area contributed by atoms with Gasteiger partial charge in [-0.15, -0.1) is 0 Å². The first-order valence-electron chi connectivity index (χ1n) is 11.1. The highest BCUT2D eigenvalue weighted by Crippen LogP contribution is 2.31. The summed E-state index contributed by atoms with van der Waals surface area (Å²) in [5.41, 5.74) is 3.14. The van der Waals surface area contributed by atoms with Gasteiger partial charge in [0, 0.05) is 11.1 Å². The molecular formula is C28H28F4. The summed E-state index contributed by atoms with van der Waals surface area (Å²) in [7, 11) is 0. The van der Waals surface area contributed by atoms with Gasteiger partial charge in [0.25, 0.3) is 0 Å². The maximum absolute atomic E-state index is 14.7. The van der Waals surface area contributed by atoms with Crippen LogP contribution in [0.4, 0.5) is 17.6 Å². The molecule has 3 rings (SSSR count). The first kappa shape index (κ1) is 23.8. The van der Waals surface area contributed by atoms with Crippen molar-refractivity contribution in [1.82, 2.24) is 0 Å². The molecule has 0 nitrogen and oxygen atoms in total. The smallest absolute Gasteiger partial charge is 0.166 e. The van der Waals surface area contributed by atoms with E-state index in [9.17, 15) is 17.6 Å². The molecule has 2 aromatic rings. The van der Waals surface area contributed by atoms with E-state index in [1.807, 2.05) is 6.08 Å². The number of benzene rings is 2. The van der Waals surface area contributed by atoms with Crippen LogP contribution in [-0.4, -0.2) is 0 Å². The minimum absolute atomic E-state index is 0.0312. The molecule has 32 heavy (non-hydrogen) atoms. The number of hydrogen-bond donors (Lipinski definition) is 0. The quantitative estimate of drug-likeness (QED) is 0.284. The molecule has 0 aromatic heterocycles. The average molecular weight is 441 g/mol. The van der Waals surface area contributed by atoms with Crippen molar-refractivity contribution in [2.24, 2.45) is 0 Å². The van der Waals surface area contributed by atoms with Crippen molar-refractivity contribution in [1.29, 1.82) is 0 Å². The maximum atomic E-state index is 14.7. The van der Waals surface area contributed by atoms with E-state index in [-0.39, 0.29) is 12.0 Å². The molecular weight excluding hydrogens is 412 g/mol. The topological polar surface area (TPSA) is 0 Å². The first-order chi connectivity index (χ1) is 15.5. The molecule has 0 N–H and O–H groups in total. The van der Waals surface area contributed by atoms with Gasteiger partial charge in [0.2, 0.25) is 0 Å². The standard InChI is InChI=1S/C28H28F4/c1-3-8-23(27(31)25(29)4-2)21-14-11-19(12-15-21)13-16-22-17-18-24(28(32)26(22)30)20-9-6-5-7-10-20/h3,8-9,11-12,14-15,17-18H,1,4-7,10,13,16H2,2H3/b23-8-,27-25-. The van der Waals surface area contributed by atoms with Gasteiger partial charge in [-0.3, -0.25) is 0 Å². The van der Waals surface area contributed by atoms with Crippen molar-refractivity contribution < 1.29 is 17.6 Å². The summed E-state index contributed by atoms with van der Waals surface area (Å²) < 4.78 is 57.4. The molecule has 0 aliphatic heterocycles. The lowest BCUT2D eigenvalue weighted by Gasteiger charge is -2.15. The molecule has 4 heteroatoms. The average Bonchev–Trinajstić information content (AvgIpc) is 2.83. The second-order valence-electron chi connectivity index (χ2n) is 7.96. The van der Waals surface area contributed by atoms with Gasteiger partial charge in [0.15, 0.2) is 17.5 Å². The molecule has 1 aliphatic rings. The summed E-state index contributed by atoms with van der Waals surface area (Å²) in [6.07, 6.45) is 9.43. The highest BCUT2D eigenvalue weighted by molar-refractivity contribution is 5.78. The Morgan fingerprint density at radius 2 is 1.72 bits per heavy atom. The molecule has 0 atom stereocenters. The van der Waals surface area contributed by atoms with Crippen LogP contribution >= 0.6 is 0 Å². The van der Waals surface area contributed by atoms with Crippen molar-refractivity contribution in [2.75, 3.05) is 0 Å². The van der Waals surface area contributed by atoms with Crippen molar-refractivity contribution >= 4 is 11.1 Å². The van der Waals surface area contributed by atoms with Gasteiger partial charge in [-0.05, 0) is 67.2 Å². The molecule has 0 saturated heterocycles. The van der Waals surface area contributed by atoms with Crippen LogP contribution in [0.3, 0.4) is 0 Å². The van der Waals surface area contributed by atoms with Crippen LogP contribution in [0.1, 0.15) is 61.3 Å². The zero-order chi connectivity index (χ0) is 23.1. The third-order valence-corrected chi connectivity index (χ3v) is 5.82. The largest absolute Gasteiger partial charge is 0.209 e. The van der Waals surface area contributed by atoms with Crippen LogP contribution in [0.5, 0.6) is 0 Å². The fourth-order valence-corrected chi connectivity index (χ4v) is 3.96. The van der Waals surface area contributed by atoms with Crippen molar-refractivity contribution in [3.63, 3.8) is 0 Å². The molecule has 2 aromatic carbocycles. The third-order valence-electron chi connectivity index (χ3n) is 5.82. The predicted molar refractivity (Wildman–Crippen MR) is 124 cm³/mol. The molecule has 0 unspecified atom stereocenters. The number of aryl methyl sites for hydroxylation is 2. The Morgan fingerprint density at radius 3 is 2.34 bits per heavy atom. The van der Waals surface area contributed by atoms with Gasteiger partial charge in [-0.1, -0.05) is 68.1 Å². The van der Waals surface area contributed by atoms with Gasteiger partial charge in [0.1, 0.15) is 5.83 Å². The van der Waals surface area contributed by atoms with E-state index in [0.717, 1.165) is 36.8 Å². The second kappa shape index (κ2) is 11.1. The Morgan fingerprint density at radius 1 is 0.969 bits per heavy atom. The lowest BCUT2D eigenvalue weighted by atomic mass is 9.92. The van der Waals surface area contributed by atoms with E-state index in [1.165, 1.54) is 12.2 Å². The molecule has 0 heterocycles. The molecule has 168 valence electrons. The van der Waals surface area contributed by atoms with Crippen LogP contribution in [0.2, 0.25) is 0 Å². The van der Waals surface area contributed by atoms with Gasteiger partial charge in [0.05, 0.1) is 0 Å². The van der Waals surface area contributed by atoms with Gasteiger partial charge < -0.3 is 0 Å². The number of halogens is 4. The van der Waals surface area contributed by atoms with Crippen LogP contribution in [0.25, 0.3) is 11.1 Å². The fraction of sp³-hybridized carbons (Fsp3) is 0.286. The highest BCUT2D eigenvalue weighted by Gasteiger charge is 2.17. The van der Waals surface area contributed by atoms with Crippen LogP contribution < -0.4 is 0 Å². The lowest BCUT2D eigenvalue weighted by molar-refractivity contribution is 0.495. The summed E-state index contributed by atoms with van der Waals surface area (Å²) in [6.45, 7) is 5.11. The molecule has 0 bridgehead atoms. The minimum atomic E-state index is -0.897. The van der Waals surface area contributed by atoms with Crippen molar-refractivity contribution in [2.45, 2.75) is 51.9 Å². The summed E-state index contributed by atoms with van der Waals surface area (Å²) >= 11 is 0. The zero-order valence-corrected chi connectivity index (χ0v) is 18.4. The second-order valence-corrected chi connectivity index (χ2v) is 7.96. The van der Waals surface area contributed by atoms with E-state index in [4.69, 9.17) is 0 Å². The molecule has 0 radical (unpaired) electrons. The van der Waals surface area contributed by atoms with Crippen molar-refractivity contribution in [3.05, 3.63) is 107 Å². The SMILES string of the molecule is C=C/C=C(\C(F)=C(\F)CC)c1ccc(CCc2ccc(C3=CCCCC3)c(F)c2F)cc1. The Labute approximate surface area is 187 Å². The van der Waals surface area contributed by atoms with E-state index in [1.54, 1.807) is 43.3 Å². The Balaban J connectivity index is 1.74. The minimum Gasteiger partial charge on any atom is -0.209 e. The van der Waals surface area contributed by atoms with E-state index >= 15 is 0 Å². The van der Waals surface area contributed by atoms with E-state index < -0.39 is 23.3 Å². The van der Waals surface area contributed by atoms with Gasteiger partial charge >= 0.3 is 0 Å². The Bertz CT molecular complexity index is 1060. The van der Waals surface area contributed by atoms with Gasteiger partial charge in [-0.2, -0.15) is 0 Å². The summed E-state index contributed by atoms with van der Waals surface area (Å²) in [5.74, 6) is -3.27. The van der Waals surface area contributed by atoms with Crippen LogP contribution in [0.15, 0.2) is 72.9 Å². The number of rotatable bonds is 8. The highest BCUT2D eigenvalue weighted by atomic mass is 19.2. The monoisotopic (exact) mass is 440 g/mol. The first-order valence-corrected chi connectivity index (χ1v) is 11.1. The Kier molecular flexibility index (Phi) is 8.26.